The number of amides is 1. The third kappa shape index (κ3) is 7.81. The van der Waals surface area contributed by atoms with Gasteiger partial charge in [-0.15, -0.1) is 0 Å². The Morgan fingerprint density at radius 2 is 1.35 bits per heavy atom. The Balaban J connectivity index is 1.71. The Kier molecular flexibility index (Phi) is 8.59. The first-order valence-corrected chi connectivity index (χ1v) is 10.9. The monoisotopic (exact) mass is 525 g/mol. The van der Waals surface area contributed by atoms with Crippen molar-refractivity contribution in [3.05, 3.63) is 106 Å². The Bertz CT molecular complexity index is 1190. The van der Waals surface area contributed by atoms with Gasteiger partial charge in [0, 0.05) is 18.0 Å². The summed E-state index contributed by atoms with van der Waals surface area (Å²) in [6, 6.07) is 15.2. The lowest BCUT2D eigenvalue weighted by molar-refractivity contribution is -0.143. The smallest absolute Gasteiger partial charge is 0.416 e. The van der Waals surface area contributed by atoms with Crippen LogP contribution in [0.3, 0.4) is 0 Å². The van der Waals surface area contributed by atoms with Gasteiger partial charge in [-0.1, -0.05) is 30.3 Å². The summed E-state index contributed by atoms with van der Waals surface area (Å²) in [5.41, 5.74) is -2.21. The molecule has 3 aromatic rings. The average molecular weight is 525 g/mol. The summed E-state index contributed by atoms with van der Waals surface area (Å²) in [4.78, 5) is 23.5. The highest BCUT2D eigenvalue weighted by Crippen LogP contribution is 2.36. The number of alkyl halides is 6. The predicted molar refractivity (Wildman–Crippen MR) is 121 cm³/mol. The largest absolute Gasteiger partial charge is 0.478 e. The van der Waals surface area contributed by atoms with E-state index in [1.165, 1.54) is 24.3 Å². The van der Waals surface area contributed by atoms with Crippen LogP contribution in [0.2, 0.25) is 0 Å². The number of halogens is 6. The molecule has 0 aromatic heterocycles. The van der Waals surface area contributed by atoms with Crippen molar-refractivity contribution in [3.63, 3.8) is 0 Å². The highest BCUT2D eigenvalue weighted by Gasteiger charge is 2.36. The Hall–Kier alpha value is -3.86. The molecule has 0 fully saturated rings. The van der Waals surface area contributed by atoms with Crippen LogP contribution in [-0.2, 0) is 23.7 Å². The summed E-state index contributed by atoms with van der Waals surface area (Å²) in [6.07, 6.45) is -9.93. The molecule has 0 heterocycles. The zero-order valence-corrected chi connectivity index (χ0v) is 19.1. The Morgan fingerprint density at radius 1 is 0.811 bits per heavy atom. The molecule has 5 nitrogen and oxygen atoms in total. The van der Waals surface area contributed by atoms with Crippen molar-refractivity contribution in [1.29, 1.82) is 0 Å². The molecule has 0 aliphatic rings. The fourth-order valence-corrected chi connectivity index (χ4v) is 3.50. The van der Waals surface area contributed by atoms with E-state index in [9.17, 15) is 35.9 Å². The van der Waals surface area contributed by atoms with Crippen molar-refractivity contribution in [2.75, 3.05) is 13.2 Å². The number of hydrogen-bond donors (Lipinski definition) is 2. The van der Waals surface area contributed by atoms with Gasteiger partial charge >= 0.3 is 18.3 Å². The summed E-state index contributed by atoms with van der Waals surface area (Å²) in [5.74, 6) is -2.11. The fraction of sp³-hybridized carbons (Fsp3) is 0.231. The minimum Gasteiger partial charge on any atom is -0.478 e. The third-order valence-electron chi connectivity index (χ3n) is 5.41. The molecule has 1 unspecified atom stereocenters. The second-order valence-corrected chi connectivity index (χ2v) is 8.13. The zero-order valence-electron chi connectivity index (χ0n) is 19.1. The van der Waals surface area contributed by atoms with Crippen LogP contribution in [0.5, 0.6) is 0 Å². The molecule has 0 saturated carbocycles. The van der Waals surface area contributed by atoms with Gasteiger partial charge in [0.1, 0.15) is 0 Å². The molecule has 0 radical (unpaired) electrons. The van der Waals surface area contributed by atoms with Crippen LogP contribution in [-0.4, -0.2) is 30.1 Å². The molecule has 0 saturated heterocycles. The van der Waals surface area contributed by atoms with Crippen molar-refractivity contribution in [3.8, 4) is 0 Å². The van der Waals surface area contributed by atoms with E-state index < -0.39 is 47.9 Å². The van der Waals surface area contributed by atoms with Gasteiger partial charge in [-0.05, 0) is 53.6 Å². The number of ether oxygens (including phenoxy) is 1. The van der Waals surface area contributed by atoms with Crippen molar-refractivity contribution in [2.24, 2.45) is 0 Å². The highest BCUT2D eigenvalue weighted by molar-refractivity contribution is 5.95. The van der Waals surface area contributed by atoms with E-state index in [0.717, 1.165) is 5.56 Å². The van der Waals surface area contributed by atoms with E-state index >= 15 is 0 Å². The van der Waals surface area contributed by atoms with Gasteiger partial charge in [0.05, 0.1) is 29.9 Å². The van der Waals surface area contributed by atoms with Gasteiger partial charge in [-0.3, -0.25) is 4.79 Å². The molecule has 0 bridgehead atoms. The molecule has 3 rings (SSSR count). The normalized spacial score (nSPS) is 12.7. The van der Waals surface area contributed by atoms with E-state index in [2.05, 4.69) is 5.32 Å². The molecule has 196 valence electrons. The second-order valence-electron chi connectivity index (χ2n) is 8.13. The fourth-order valence-electron chi connectivity index (χ4n) is 3.50. The molecule has 1 atom stereocenters. The zero-order chi connectivity index (χ0) is 27.2. The summed E-state index contributed by atoms with van der Waals surface area (Å²) in [5, 5.41) is 11.7. The van der Waals surface area contributed by atoms with Gasteiger partial charge in [0.25, 0.3) is 5.91 Å². The van der Waals surface area contributed by atoms with Crippen LogP contribution in [0, 0.1) is 0 Å². The number of benzene rings is 3. The quantitative estimate of drug-likeness (QED) is 0.329. The summed E-state index contributed by atoms with van der Waals surface area (Å²) in [7, 11) is 0. The van der Waals surface area contributed by atoms with E-state index in [-0.39, 0.29) is 35.9 Å². The van der Waals surface area contributed by atoms with E-state index in [1.807, 2.05) is 0 Å². The maximum absolute atomic E-state index is 13.1. The maximum atomic E-state index is 13.1. The molecule has 3 aromatic carbocycles. The number of carboxylic acids is 1. The Labute approximate surface area is 207 Å². The number of aromatic carboxylic acids is 1. The lowest BCUT2D eigenvalue weighted by Gasteiger charge is -2.19. The third-order valence-corrected chi connectivity index (χ3v) is 5.41. The summed E-state index contributed by atoms with van der Waals surface area (Å²) >= 11 is 0. The predicted octanol–water partition coefficient (Wildman–Crippen LogP) is 6.15. The van der Waals surface area contributed by atoms with Gasteiger partial charge in [0.2, 0.25) is 0 Å². The molecule has 1 amide bonds. The average Bonchev–Trinajstić information content (AvgIpc) is 2.85. The molecular formula is C26H21F6NO4. The molecule has 0 aliphatic heterocycles. The first-order valence-electron chi connectivity index (χ1n) is 10.9. The van der Waals surface area contributed by atoms with Crippen LogP contribution in [0.25, 0.3) is 0 Å². The second kappa shape index (κ2) is 11.5. The Morgan fingerprint density at radius 3 is 1.86 bits per heavy atom. The van der Waals surface area contributed by atoms with E-state index in [0.29, 0.717) is 12.1 Å². The lowest BCUT2D eigenvalue weighted by Crippen LogP contribution is -2.30. The molecule has 11 heteroatoms. The molecule has 37 heavy (non-hydrogen) atoms. The van der Waals surface area contributed by atoms with Gasteiger partial charge in [-0.25, -0.2) is 4.79 Å². The van der Waals surface area contributed by atoms with Crippen molar-refractivity contribution in [1.82, 2.24) is 5.32 Å². The molecule has 2 N–H and O–H groups in total. The van der Waals surface area contributed by atoms with Crippen LogP contribution < -0.4 is 5.32 Å². The van der Waals surface area contributed by atoms with Gasteiger partial charge < -0.3 is 15.2 Å². The van der Waals surface area contributed by atoms with Gasteiger partial charge in [-0.2, -0.15) is 26.3 Å². The number of carboxylic acid groups (broad SMARTS) is 1. The molecular weight excluding hydrogens is 504 g/mol. The maximum Gasteiger partial charge on any atom is 0.416 e. The number of hydrogen-bond acceptors (Lipinski definition) is 3. The van der Waals surface area contributed by atoms with Crippen LogP contribution >= 0.6 is 0 Å². The standard InChI is InChI=1S/C26H21F6NO4/c27-25(28,29)21-10-16(11-22(12-21)26(30,31)32)14-37-15-20(17-4-2-1-3-5-17)13-33-23(34)18-6-8-19(9-7-18)24(35)36/h1-12,20H,13-15H2,(H,33,34)(H,35,36). The minimum absolute atomic E-state index is 0.00962. The lowest BCUT2D eigenvalue weighted by atomic mass is 9.99. The minimum atomic E-state index is -4.96. The van der Waals surface area contributed by atoms with Crippen molar-refractivity contribution >= 4 is 11.9 Å². The first kappa shape index (κ1) is 27.7. The molecule has 0 spiro atoms. The SMILES string of the molecule is O=C(O)c1ccc(C(=O)NCC(COCc2cc(C(F)(F)F)cc(C(F)(F)F)c2)c2ccccc2)cc1. The number of nitrogens with one attached hydrogen (secondary N) is 1. The van der Waals surface area contributed by atoms with Crippen LogP contribution in [0.4, 0.5) is 26.3 Å². The van der Waals surface area contributed by atoms with Gasteiger partial charge in [0.15, 0.2) is 0 Å². The van der Waals surface area contributed by atoms with Crippen molar-refractivity contribution in [2.45, 2.75) is 24.9 Å². The number of carbonyl (C=O) groups is 2. The summed E-state index contributed by atoms with van der Waals surface area (Å²) in [6.45, 7) is -0.583. The van der Waals surface area contributed by atoms with Crippen molar-refractivity contribution < 1.29 is 45.8 Å². The first-order chi connectivity index (χ1) is 17.3. The highest BCUT2D eigenvalue weighted by atomic mass is 19.4. The van der Waals surface area contributed by atoms with E-state index in [4.69, 9.17) is 9.84 Å². The number of rotatable bonds is 9. The van der Waals surface area contributed by atoms with Crippen LogP contribution in [0.15, 0.2) is 72.8 Å². The van der Waals surface area contributed by atoms with Crippen LogP contribution in [0.1, 0.15) is 48.9 Å². The van der Waals surface area contributed by atoms with E-state index in [1.54, 1.807) is 30.3 Å². The molecule has 0 aliphatic carbocycles. The topological polar surface area (TPSA) is 75.6 Å². The summed E-state index contributed by atoms with van der Waals surface area (Å²) < 4.78 is 84.1. The number of carbonyl (C=O) groups excluding carboxylic acids is 1.